The highest BCUT2D eigenvalue weighted by Gasteiger charge is 2.12. The normalized spacial score (nSPS) is 12.5. The van der Waals surface area contributed by atoms with Crippen LogP contribution in [0.3, 0.4) is 0 Å². The third-order valence-corrected chi connectivity index (χ3v) is 5.25. The number of hydrogen-bond donors (Lipinski definition) is 2. The Morgan fingerprint density at radius 2 is 1.55 bits per heavy atom. The average molecular weight is 385 g/mol. The SMILES string of the molecule is CS(=O)(=O)NCCCNS(=O)(=O)c1ccc(CBr)cc1. The van der Waals surface area contributed by atoms with Gasteiger partial charge < -0.3 is 0 Å². The Balaban J connectivity index is 2.49. The maximum Gasteiger partial charge on any atom is 0.240 e. The van der Waals surface area contributed by atoms with E-state index in [9.17, 15) is 16.8 Å². The van der Waals surface area contributed by atoms with Crippen LogP contribution in [0.15, 0.2) is 29.2 Å². The Hall–Kier alpha value is -0.480. The lowest BCUT2D eigenvalue weighted by atomic mass is 10.2. The van der Waals surface area contributed by atoms with Gasteiger partial charge in [0, 0.05) is 18.4 Å². The molecule has 0 bridgehead atoms. The van der Waals surface area contributed by atoms with E-state index in [1.165, 1.54) is 12.1 Å². The highest BCUT2D eigenvalue weighted by molar-refractivity contribution is 9.08. The number of halogens is 1. The van der Waals surface area contributed by atoms with Crippen LogP contribution in [-0.4, -0.2) is 36.2 Å². The summed E-state index contributed by atoms with van der Waals surface area (Å²) in [5.74, 6) is 0. The molecule has 114 valence electrons. The molecule has 9 heteroatoms. The number of alkyl halides is 1. The predicted molar refractivity (Wildman–Crippen MR) is 81.7 cm³/mol. The summed E-state index contributed by atoms with van der Waals surface area (Å²) in [6, 6.07) is 6.53. The van der Waals surface area contributed by atoms with E-state index in [1.54, 1.807) is 12.1 Å². The second kappa shape index (κ2) is 7.51. The van der Waals surface area contributed by atoms with Crippen LogP contribution in [0.1, 0.15) is 12.0 Å². The van der Waals surface area contributed by atoms with Crippen molar-refractivity contribution in [1.82, 2.24) is 9.44 Å². The fourth-order valence-electron chi connectivity index (χ4n) is 1.39. The Labute approximate surface area is 128 Å². The van der Waals surface area contributed by atoms with Crippen molar-refractivity contribution in [3.05, 3.63) is 29.8 Å². The van der Waals surface area contributed by atoms with Crippen molar-refractivity contribution in [2.75, 3.05) is 19.3 Å². The molecule has 0 spiro atoms. The van der Waals surface area contributed by atoms with Crippen molar-refractivity contribution >= 4 is 36.0 Å². The molecule has 1 rings (SSSR count). The van der Waals surface area contributed by atoms with E-state index in [0.717, 1.165) is 11.8 Å². The van der Waals surface area contributed by atoms with Gasteiger partial charge in [0.05, 0.1) is 11.2 Å². The molecule has 20 heavy (non-hydrogen) atoms. The summed E-state index contributed by atoms with van der Waals surface area (Å²) in [4.78, 5) is 0.193. The van der Waals surface area contributed by atoms with Crippen LogP contribution < -0.4 is 9.44 Å². The summed E-state index contributed by atoms with van der Waals surface area (Å²) in [6.45, 7) is 0.370. The van der Waals surface area contributed by atoms with Crippen LogP contribution in [0.4, 0.5) is 0 Å². The Morgan fingerprint density at radius 1 is 1.00 bits per heavy atom. The van der Waals surface area contributed by atoms with E-state index in [1.807, 2.05) is 0 Å². The third kappa shape index (κ3) is 6.31. The zero-order valence-corrected chi connectivity index (χ0v) is 14.2. The molecule has 0 aliphatic rings. The third-order valence-electron chi connectivity index (χ3n) is 2.40. The van der Waals surface area contributed by atoms with Gasteiger partial charge in [-0.15, -0.1) is 0 Å². The predicted octanol–water partition coefficient (Wildman–Crippen LogP) is 0.799. The average Bonchev–Trinajstić information content (AvgIpc) is 2.37. The molecule has 1 aromatic rings. The van der Waals surface area contributed by atoms with Gasteiger partial charge in [0.15, 0.2) is 0 Å². The van der Waals surface area contributed by atoms with Crippen LogP contribution in [0.2, 0.25) is 0 Å². The molecule has 0 saturated carbocycles. The van der Waals surface area contributed by atoms with E-state index < -0.39 is 20.0 Å². The van der Waals surface area contributed by atoms with E-state index in [4.69, 9.17) is 0 Å². The first-order valence-corrected chi connectivity index (χ1v) is 10.3. The van der Waals surface area contributed by atoms with Crippen molar-refractivity contribution in [3.8, 4) is 0 Å². The number of benzene rings is 1. The molecule has 0 aliphatic heterocycles. The first-order chi connectivity index (χ1) is 9.24. The van der Waals surface area contributed by atoms with Gasteiger partial charge >= 0.3 is 0 Å². The van der Waals surface area contributed by atoms with Crippen LogP contribution in [0.25, 0.3) is 0 Å². The highest BCUT2D eigenvalue weighted by Crippen LogP contribution is 2.12. The monoisotopic (exact) mass is 384 g/mol. The molecule has 0 amide bonds. The minimum absolute atomic E-state index is 0.172. The summed E-state index contributed by atoms with van der Waals surface area (Å²) in [5, 5.41) is 0.665. The number of rotatable bonds is 8. The summed E-state index contributed by atoms with van der Waals surface area (Å²) >= 11 is 3.29. The maximum atomic E-state index is 11.9. The molecule has 0 fully saturated rings. The largest absolute Gasteiger partial charge is 0.240 e. The molecule has 0 aliphatic carbocycles. The zero-order chi connectivity index (χ0) is 15.2. The Morgan fingerprint density at radius 3 is 2.05 bits per heavy atom. The van der Waals surface area contributed by atoms with Gasteiger partial charge in [-0.05, 0) is 24.1 Å². The molecular formula is C11H17BrN2O4S2. The molecule has 2 N–H and O–H groups in total. The van der Waals surface area contributed by atoms with Gasteiger partial charge in [-0.25, -0.2) is 26.3 Å². The molecule has 0 heterocycles. The van der Waals surface area contributed by atoms with Gasteiger partial charge in [0.25, 0.3) is 0 Å². The molecule has 0 atom stereocenters. The highest BCUT2D eigenvalue weighted by atomic mass is 79.9. The van der Waals surface area contributed by atoms with Gasteiger partial charge in [-0.2, -0.15) is 0 Å². The van der Waals surface area contributed by atoms with E-state index in [-0.39, 0.29) is 18.0 Å². The summed E-state index contributed by atoms with van der Waals surface area (Å²) in [5.41, 5.74) is 0.987. The molecule has 1 aromatic carbocycles. The quantitative estimate of drug-likeness (QED) is 0.512. The first-order valence-electron chi connectivity index (χ1n) is 5.84. The van der Waals surface area contributed by atoms with Crippen LogP contribution in [0.5, 0.6) is 0 Å². The summed E-state index contributed by atoms with van der Waals surface area (Å²) < 4.78 is 50.2. The van der Waals surface area contributed by atoms with E-state index in [0.29, 0.717) is 11.8 Å². The van der Waals surface area contributed by atoms with Crippen LogP contribution >= 0.6 is 15.9 Å². The number of nitrogens with one attached hydrogen (secondary N) is 2. The lowest BCUT2D eigenvalue weighted by molar-refractivity contribution is 0.575. The topological polar surface area (TPSA) is 92.3 Å². The standard InChI is InChI=1S/C11H17BrN2O4S2/c1-19(15,16)13-7-2-8-14-20(17,18)11-5-3-10(9-12)4-6-11/h3-6,13-14H,2,7-9H2,1H3. The van der Waals surface area contributed by atoms with Gasteiger partial charge in [0.1, 0.15) is 0 Å². The summed E-state index contributed by atoms with van der Waals surface area (Å²) in [7, 11) is -6.78. The zero-order valence-electron chi connectivity index (χ0n) is 11.0. The van der Waals surface area contributed by atoms with Crippen molar-refractivity contribution in [2.24, 2.45) is 0 Å². The smallest absolute Gasteiger partial charge is 0.215 e. The Kier molecular flexibility index (Phi) is 6.59. The van der Waals surface area contributed by atoms with Crippen LogP contribution in [-0.2, 0) is 25.4 Å². The van der Waals surface area contributed by atoms with Gasteiger partial charge in [-0.3, -0.25) is 0 Å². The van der Waals surface area contributed by atoms with E-state index >= 15 is 0 Å². The van der Waals surface area contributed by atoms with Crippen molar-refractivity contribution in [1.29, 1.82) is 0 Å². The number of hydrogen-bond acceptors (Lipinski definition) is 4. The van der Waals surface area contributed by atoms with Gasteiger partial charge in [0.2, 0.25) is 20.0 Å². The van der Waals surface area contributed by atoms with Gasteiger partial charge in [-0.1, -0.05) is 28.1 Å². The molecule has 0 unspecified atom stereocenters. The lowest BCUT2D eigenvalue weighted by Gasteiger charge is -2.07. The molecular weight excluding hydrogens is 368 g/mol. The number of sulfonamides is 2. The van der Waals surface area contributed by atoms with Crippen molar-refractivity contribution in [3.63, 3.8) is 0 Å². The maximum absolute atomic E-state index is 11.9. The second-order valence-corrected chi connectivity index (χ2v) is 8.36. The fourth-order valence-corrected chi connectivity index (χ4v) is 3.36. The van der Waals surface area contributed by atoms with Crippen LogP contribution in [0, 0.1) is 0 Å². The molecule has 0 aromatic heterocycles. The van der Waals surface area contributed by atoms with Crippen molar-refractivity contribution in [2.45, 2.75) is 16.6 Å². The minimum atomic E-state index is -3.54. The Bertz CT molecular complexity index is 627. The molecule has 0 radical (unpaired) electrons. The molecule has 6 nitrogen and oxygen atoms in total. The van der Waals surface area contributed by atoms with E-state index in [2.05, 4.69) is 25.4 Å². The lowest BCUT2D eigenvalue weighted by Crippen LogP contribution is -2.29. The summed E-state index contributed by atoms with van der Waals surface area (Å²) in [6.07, 6.45) is 1.44. The second-order valence-electron chi connectivity index (χ2n) is 4.20. The molecule has 0 saturated heterocycles. The fraction of sp³-hybridized carbons (Fsp3) is 0.455. The van der Waals surface area contributed by atoms with Crippen molar-refractivity contribution < 1.29 is 16.8 Å². The minimum Gasteiger partial charge on any atom is -0.215 e. The first kappa shape index (κ1) is 17.6.